The average Bonchev–Trinajstić information content (AvgIpc) is 2.61. The van der Waals surface area contributed by atoms with Crippen molar-refractivity contribution in [1.82, 2.24) is 4.90 Å². The third-order valence-electron chi connectivity index (χ3n) is 4.13. The Labute approximate surface area is 138 Å². The Morgan fingerprint density at radius 2 is 1.61 bits per heavy atom. The summed E-state index contributed by atoms with van der Waals surface area (Å²) in [5, 5.41) is 3.80. The molecule has 0 aliphatic carbocycles. The Bertz CT molecular complexity index is 606. The van der Waals surface area contributed by atoms with Crippen molar-refractivity contribution in [3.63, 3.8) is 0 Å². The van der Waals surface area contributed by atoms with Crippen LogP contribution in [-0.2, 0) is 13.0 Å². The molecule has 0 amide bonds. The van der Waals surface area contributed by atoms with E-state index in [1.165, 1.54) is 11.1 Å². The SMILES string of the molecule is CC[C@H](CCc1ccccc1)N(CN=[N+]=[N-])Cc1ccccc1. The summed E-state index contributed by atoms with van der Waals surface area (Å²) in [7, 11) is 0. The molecule has 0 saturated carbocycles. The number of rotatable bonds is 9. The molecule has 0 aliphatic rings. The Hall–Kier alpha value is -2.29. The van der Waals surface area contributed by atoms with Crippen LogP contribution < -0.4 is 0 Å². The molecule has 23 heavy (non-hydrogen) atoms. The van der Waals surface area contributed by atoms with Gasteiger partial charge in [0.05, 0.1) is 6.67 Å². The zero-order chi connectivity index (χ0) is 16.3. The summed E-state index contributed by atoms with van der Waals surface area (Å²) in [5.74, 6) is 0. The van der Waals surface area contributed by atoms with Crippen molar-refractivity contribution in [3.05, 3.63) is 82.2 Å². The molecule has 120 valence electrons. The molecule has 0 spiro atoms. The van der Waals surface area contributed by atoms with E-state index < -0.39 is 0 Å². The standard InChI is InChI=1S/C19H24N4/c1-2-19(14-13-17-9-5-3-6-10-17)23(16-21-22-20)15-18-11-7-4-8-12-18/h3-12,19H,2,13-16H2,1H3/t19-/m1/s1. The van der Waals surface area contributed by atoms with Crippen molar-refractivity contribution in [2.75, 3.05) is 6.67 Å². The van der Waals surface area contributed by atoms with E-state index in [0.29, 0.717) is 12.7 Å². The largest absolute Gasteiger partial charge is 0.290 e. The van der Waals surface area contributed by atoms with Gasteiger partial charge in [-0.25, -0.2) is 0 Å². The van der Waals surface area contributed by atoms with E-state index in [1.54, 1.807) is 0 Å². The van der Waals surface area contributed by atoms with E-state index in [1.807, 2.05) is 24.3 Å². The van der Waals surface area contributed by atoms with Crippen LogP contribution in [-0.4, -0.2) is 17.6 Å². The fraction of sp³-hybridized carbons (Fsp3) is 0.368. The zero-order valence-electron chi connectivity index (χ0n) is 13.7. The molecule has 0 heterocycles. The van der Waals surface area contributed by atoms with Crippen molar-refractivity contribution < 1.29 is 0 Å². The van der Waals surface area contributed by atoms with Gasteiger partial charge in [-0.1, -0.05) is 72.7 Å². The molecule has 0 N–H and O–H groups in total. The van der Waals surface area contributed by atoms with Gasteiger partial charge < -0.3 is 0 Å². The fourth-order valence-corrected chi connectivity index (χ4v) is 2.84. The predicted octanol–water partition coefficient (Wildman–Crippen LogP) is 5.17. The minimum absolute atomic E-state index is 0.404. The van der Waals surface area contributed by atoms with Crippen LogP contribution in [0.1, 0.15) is 30.9 Å². The topological polar surface area (TPSA) is 52.0 Å². The Kier molecular flexibility index (Phi) is 7.18. The summed E-state index contributed by atoms with van der Waals surface area (Å²) in [5.41, 5.74) is 11.3. The highest BCUT2D eigenvalue weighted by Gasteiger charge is 2.16. The first-order chi connectivity index (χ1) is 11.3. The number of nitrogens with zero attached hydrogens (tertiary/aromatic N) is 4. The highest BCUT2D eigenvalue weighted by molar-refractivity contribution is 5.16. The van der Waals surface area contributed by atoms with E-state index in [4.69, 9.17) is 5.53 Å². The number of hydrogen-bond acceptors (Lipinski definition) is 2. The molecule has 0 fully saturated rings. The Balaban J connectivity index is 2.03. The lowest BCUT2D eigenvalue weighted by molar-refractivity contribution is 0.177. The fourth-order valence-electron chi connectivity index (χ4n) is 2.84. The van der Waals surface area contributed by atoms with Gasteiger partial charge >= 0.3 is 0 Å². The van der Waals surface area contributed by atoms with E-state index in [-0.39, 0.29) is 0 Å². The lowest BCUT2D eigenvalue weighted by Crippen LogP contribution is -2.35. The molecule has 0 unspecified atom stereocenters. The lowest BCUT2D eigenvalue weighted by Gasteiger charge is -2.30. The molecule has 0 aliphatic heterocycles. The van der Waals surface area contributed by atoms with Gasteiger partial charge in [0, 0.05) is 17.5 Å². The molecule has 1 atom stereocenters. The number of azide groups is 1. The lowest BCUT2D eigenvalue weighted by atomic mass is 10.0. The summed E-state index contributed by atoms with van der Waals surface area (Å²) in [6.07, 6.45) is 3.15. The maximum absolute atomic E-state index is 8.68. The first-order valence-corrected chi connectivity index (χ1v) is 8.16. The molecule has 2 rings (SSSR count). The number of hydrogen-bond donors (Lipinski definition) is 0. The molecule has 2 aromatic carbocycles. The van der Waals surface area contributed by atoms with Gasteiger partial charge in [0.2, 0.25) is 0 Å². The molecule has 0 aromatic heterocycles. The van der Waals surface area contributed by atoms with Crippen molar-refractivity contribution in [2.45, 2.75) is 38.8 Å². The van der Waals surface area contributed by atoms with Crippen LogP contribution in [0.15, 0.2) is 65.8 Å². The van der Waals surface area contributed by atoms with Crippen LogP contribution in [0.5, 0.6) is 0 Å². The summed E-state index contributed by atoms with van der Waals surface area (Å²) in [6.45, 7) is 3.43. The first-order valence-electron chi connectivity index (χ1n) is 8.16. The zero-order valence-corrected chi connectivity index (χ0v) is 13.7. The van der Waals surface area contributed by atoms with Crippen LogP contribution in [0, 0.1) is 0 Å². The molecule has 4 heteroatoms. The Morgan fingerprint density at radius 1 is 1.00 bits per heavy atom. The van der Waals surface area contributed by atoms with Crippen LogP contribution >= 0.6 is 0 Å². The van der Waals surface area contributed by atoms with Gasteiger partial charge in [0.1, 0.15) is 0 Å². The van der Waals surface area contributed by atoms with E-state index in [9.17, 15) is 0 Å². The monoisotopic (exact) mass is 308 g/mol. The van der Waals surface area contributed by atoms with E-state index >= 15 is 0 Å². The molecule has 0 radical (unpaired) electrons. The van der Waals surface area contributed by atoms with Gasteiger partial charge in [-0.15, -0.1) is 0 Å². The van der Waals surface area contributed by atoms with Crippen LogP contribution in [0.4, 0.5) is 0 Å². The maximum Gasteiger partial charge on any atom is 0.0779 e. The minimum atomic E-state index is 0.404. The van der Waals surface area contributed by atoms with Gasteiger partial charge in [0.25, 0.3) is 0 Å². The normalized spacial score (nSPS) is 11.9. The maximum atomic E-state index is 8.68. The number of aryl methyl sites for hydroxylation is 1. The summed E-state index contributed by atoms with van der Waals surface area (Å²) < 4.78 is 0. The third kappa shape index (κ3) is 5.78. The van der Waals surface area contributed by atoms with Gasteiger partial charge in [0.15, 0.2) is 0 Å². The molecule has 0 saturated heterocycles. The van der Waals surface area contributed by atoms with E-state index in [0.717, 1.165) is 25.8 Å². The van der Waals surface area contributed by atoms with Crippen LogP contribution in [0.2, 0.25) is 0 Å². The summed E-state index contributed by atoms with van der Waals surface area (Å²) in [6, 6.07) is 21.3. The second-order valence-corrected chi connectivity index (χ2v) is 5.69. The highest BCUT2D eigenvalue weighted by atomic mass is 15.3. The van der Waals surface area contributed by atoms with Crippen molar-refractivity contribution >= 4 is 0 Å². The van der Waals surface area contributed by atoms with E-state index in [2.05, 4.69) is 58.2 Å². The smallest absolute Gasteiger partial charge is 0.0779 e. The average molecular weight is 308 g/mol. The number of benzene rings is 2. The molecular weight excluding hydrogens is 284 g/mol. The van der Waals surface area contributed by atoms with Crippen molar-refractivity contribution in [3.8, 4) is 0 Å². The quantitative estimate of drug-likeness (QED) is 0.358. The van der Waals surface area contributed by atoms with Crippen LogP contribution in [0.25, 0.3) is 10.4 Å². The summed E-state index contributed by atoms with van der Waals surface area (Å²) >= 11 is 0. The molecule has 4 nitrogen and oxygen atoms in total. The van der Waals surface area contributed by atoms with Crippen LogP contribution in [0.3, 0.4) is 0 Å². The van der Waals surface area contributed by atoms with Gasteiger partial charge in [-0.3, -0.25) is 4.90 Å². The summed E-state index contributed by atoms with van der Waals surface area (Å²) in [4.78, 5) is 5.21. The van der Waals surface area contributed by atoms with Gasteiger partial charge in [-0.2, -0.15) is 0 Å². The second-order valence-electron chi connectivity index (χ2n) is 5.69. The third-order valence-corrected chi connectivity index (χ3v) is 4.13. The van der Waals surface area contributed by atoms with Gasteiger partial charge in [-0.05, 0) is 35.9 Å². The molecular formula is C19H24N4. The predicted molar refractivity (Wildman–Crippen MR) is 94.8 cm³/mol. The highest BCUT2D eigenvalue weighted by Crippen LogP contribution is 2.16. The van der Waals surface area contributed by atoms with Crippen molar-refractivity contribution in [2.24, 2.45) is 5.11 Å². The van der Waals surface area contributed by atoms with Crippen molar-refractivity contribution in [1.29, 1.82) is 0 Å². The molecule has 2 aromatic rings. The molecule has 0 bridgehead atoms. The Morgan fingerprint density at radius 3 is 2.17 bits per heavy atom. The minimum Gasteiger partial charge on any atom is -0.290 e. The second kappa shape index (κ2) is 9.67. The first kappa shape index (κ1) is 17.1.